The van der Waals surface area contributed by atoms with Crippen LogP contribution in [0.1, 0.15) is 12.0 Å². The van der Waals surface area contributed by atoms with Crippen LogP contribution in [0.15, 0.2) is 24.3 Å². The Morgan fingerprint density at radius 2 is 1.95 bits per heavy atom. The summed E-state index contributed by atoms with van der Waals surface area (Å²) >= 11 is 0. The van der Waals surface area contributed by atoms with Crippen molar-refractivity contribution in [3.63, 3.8) is 0 Å². The number of rotatable bonds is 6. The second-order valence-electron chi connectivity index (χ2n) is 4.95. The van der Waals surface area contributed by atoms with Gasteiger partial charge in [-0.2, -0.15) is 0 Å². The van der Waals surface area contributed by atoms with Gasteiger partial charge in [-0.25, -0.2) is 0 Å². The van der Waals surface area contributed by atoms with E-state index in [9.17, 15) is 4.79 Å². The molecule has 0 unspecified atom stereocenters. The number of hydrogen-bond acceptors (Lipinski definition) is 6. The fourth-order valence-electron chi connectivity index (χ4n) is 2.10. The van der Waals surface area contributed by atoms with Gasteiger partial charge < -0.3 is 20.6 Å². The molecule has 1 aliphatic rings. The fourth-order valence-corrected chi connectivity index (χ4v) is 2.10. The van der Waals surface area contributed by atoms with Crippen LogP contribution in [-0.2, 0) is 14.3 Å². The van der Waals surface area contributed by atoms with E-state index in [1.807, 2.05) is 0 Å². The van der Waals surface area contributed by atoms with Crippen molar-refractivity contribution in [3.05, 3.63) is 29.8 Å². The first-order valence-corrected chi connectivity index (χ1v) is 7.04. The van der Waals surface area contributed by atoms with Crippen LogP contribution < -0.4 is 5.73 Å². The van der Waals surface area contributed by atoms with Crippen molar-refractivity contribution >= 4 is 17.4 Å². The average Bonchev–Trinajstić information content (AvgIpc) is 2.49. The molecule has 0 amide bonds. The van der Waals surface area contributed by atoms with E-state index in [0.29, 0.717) is 24.4 Å². The van der Waals surface area contributed by atoms with Gasteiger partial charge in [0.25, 0.3) is 0 Å². The first-order chi connectivity index (χ1) is 10.1. The Hall–Kier alpha value is -1.92. The van der Waals surface area contributed by atoms with Crippen molar-refractivity contribution in [2.75, 3.05) is 45.2 Å². The van der Waals surface area contributed by atoms with Crippen LogP contribution in [0.2, 0.25) is 0 Å². The molecule has 114 valence electrons. The van der Waals surface area contributed by atoms with Gasteiger partial charge in [0, 0.05) is 31.0 Å². The molecule has 2 rings (SSSR count). The number of morpholine rings is 1. The summed E-state index contributed by atoms with van der Waals surface area (Å²) < 4.78 is 10.4. The molecule has 21 heavy (non-hydrogen) atoms. The highest BCUT2D eigenvalue weighted by atomic mass is 16.5. The highest BCUT2D eigenvalue weighted by Gasteiger charge is 2.12. The highest BCUT2D eigenvalue weighted by molar-refractivity contribution is 6.07. The Morgan fingerprint density at radius 1 is 1.29 bits per heavy atom. The van der Waals surface area contributed by atoms with Gasteiger partial charge in [0.15, 0.2) is 0 Å². The molecule has 0 bridgehead atoms. The Morgan fingerprint density at radius 3 is 2.62 bits per heavy atom. The summed E-state index contributed by atoms with van der Waals surface area (Å²) in [4.78, 5) is 13.9. The zero-order valence-electron chi connectivity index (χ0n) is 12.0. The number of nitrogens with one attached hydrogen (secondary N) is 1. The van der Waals surface area contributed by atoms with E-state index >= 15 is 0 Å². The molecule has 0 atom stereocenters. The van der Waals surface area contributed by atoms with Crippen LogP contribution >= 0.6 is 0 Å². The number of nitrogens with two attached hydrogens (primary N) is 1. The standard InChI is InChI=1S/C15H21N3O3/c16-13-3-1-12(2-4-13)14(17)11-15(19)21-10-7-18-5-8-20-9-6-18/h1-4,17H,5-11,16H2. The minimum atomic E-state index is -0.370. The number of esters is 1. The summed E-state index contributed by atoms with van der Waals surface area (Å²) in [6, 6.07) is 6.90. The lowest BCUT2D eigenvalue weighted by Gasteiger charge is -2.26. The summed E-state index contributed by atoms with van der Waals surface area (Å²) in [5, 5.41) is 7.89. The van der Waals surface area contributed by atoms with Crippen LogP contribution in [0.3, 0.4) is 0 Å². The molecule has 1 heterocycles. The Kier molecular flexibility index (Phi) is 5.71. The topological polar surface area (TPSA) is 88.6 Å². The van der Waals surface area contributed by atoms with Crippen LogP contribution in [0, 0.1) is 5.41 Å². The first kappa shape index (κ1) is 15.5. The van der Waals surface area contributed by atoms with E-state index in [1.165, 1.54) is 0 Å². The number of nitrogen functional groups attached to an aromatic ring is 1. The van der Waals surface area contributed by atoms with Crippen LogP contribution in [0.4, 0.5) is 5.69 Å². The van der Waals surface area contributed by atoms with Crippen molar-refractivity contribution in [3.8, 4) is 0 Å². The van der Waals surface area contributed by atoms with Crippen molar-refractivity contribution in [1.82, 2.24) is 4.90 Å². The number of hydrogen-bond donors (Lipinski definition) is 2. The number of carbonyl (C=O) groups is 1. The number of carbonyl (C=O) groups excluding carboxylic acids is 1. The second-order valence-corrected chi connectivity index (χ2v) is 4.95. The number of anilines is 1. The Bertz CT molecular complexity index is 481. The maximum Gasteiger partial charge on any atom is 0.311 e. The molecule has 0 saturated carbocycles. The maximum atomic E-state index is 11.7. The van der Waals surface area contributed by atoms with Gasteiger partial charge in [0.05, 0.1) is 19.6 Å². The first-order valence-electron chi connectivity index (χ1n) is 7.04. The number of benzene rings is 1. The SMILES string of the molecule is N=C(CC(=O)OCCN1CCOCC1)c1ccc(N)cc1. The van der Waals surface area contributed by atoms with Crippen molar-refractivity contribution in [2.45, 2.75) is 6.42 Å². The van der Waals surface area contributed by atoms with E-state index in [0.717, 1.165) is 26.3 Å². The predicted molar refractivity (Wildman–Crippen MR) is 80.5 cm³/mol. The Labute approximate surface area is 124 Å². The summed E-state index contributed by atoms with van der Waals surface area (Å²) in [6.45, 7) is 4.28. The van der Waals surface area contributed by atoms with Crippen molar-refractivity contribution in [1.29, 1.82) is 5.41 Å². The third-order valence-electron chi connectivity index (χ3n) is 3.35. The number of ether oxygens (including phenoxy) is 2. The molecule has 6 nitrogen and oxygen atoms in total. The van der Waals surface area contributed by atoms with E-state index in [1.54, 1.807) is 24.3 Å². The molecule has 0 radical (unpaired) electrons. The van der Waals surface area contributed by atoms with Gasteiger partial charge in [0.1, 0.15) is 6.61 Å². The lowest BCUT2D eigenvalue weighted by Crippen LogP contribution is -2.38. The van der Waals surface area contributed by atoms with Gasteiger partial charge in [-0.1, -0.05) is 12.1 Å². The Balaban J connectivity index is 1.68. The lowest BCUT2D eigenvalue weighted by atomic mass is 10.1. The molecule has 1 aliphatic heterocycles. The smallest absolute Gasteiger partial charge is 0.311 e. The summed E-state index contributed by atoms with van der Waals surface area (Å²) in [6.07, 6.45) is -0.0208. The molecule has 1 aromatic rings. The van der Waals surface area contributed by atoms with E-state index in [4.69, 9.17) is 20.6 Å². The van der Waals surface area contributed by atoms with Gasteiger partial charge in [-0.05, 0) is 17.7 Å². The largest absolute Gasteiger partial charge is 0.464 e. The predicted octanol–water partition coefficient (Wildman–Crippen LogP) is 0.902. The molecule has 0 aliphatic carbocycles. The zero-order chi connectivity index (χ0) is 15.1. The third kappa shape index (κ3) is 5.17. The maximum absolute atomic E-state index is 11.7. The summed E-state index contributed by atoms with van der Waals surface area (Å²) in [5.41, 5.74) is 7.16. The van der Waals surface area contributed by atoms with Gasteiger partial charge in [0.2, 0.25) is 0 Å². The van der Waals surface area contributed by atoms with Gasteiger partial charge in [-0.15, -0.1) is 0 Å². The summed E-state index contributed by atoms with van der Waals surface area (Å²) in [5.74, 6) is -0.370. The normalized spacial score (nSPS) is 15.6. The van der Waals surface area contributed by atoms with Gasteiger partial charge >= 0.3 is 5.97 Å². The fraction of sp³-hybridized carbons (Fsp3) is 0.467. The molecular formula is C15H21N3O3. The molecular weight excluding hydrogens is 270 g/mol. The molecule has 3 N–H and O–H groups in total. The van der Waals surface area contributed by atoms with Crippen molar-refractivity contribution < 1.29 is 14.3 Å². The molecule has 0 spiro atoms. The van der Waals surface area contributed by atoms with Crippen LogP contribution in [-0.4, -0.2) is 56.0 Å². The third-order valence-corrected chi connectivity index (χ3v) is 3.35. The van der Waals surface area contributed by atoms with Crippen LogP contribution in [0.25, 0.3) is 0 Å². The molecule has 6 heteroatoms. The minimum absolute atomic E-state index is 0.0208. The monoisotopic (exact) mass is 291 g/mol. The zero-order valence-corrected chi connectivity index (χ0v) is 12.0. The van der Waals surface area contributed by atoms with E-state index in [2.05, 4.69) is 4.90 Å². The average molecular weight is 291 g/mol. The molecule has 0 aromatic heterocycles. The summed E-state index contributed by atoms with van der Waals surface area (Å²) in [7, 11) is 0. The molecule has 1 aromatic carbocycles. The second kappa shape index (κ2) is 7.75. The van der Waals surface area contributed by atoms with E-state index in [-0.39, 0.29) is 18.1 Å². The van der Waals surface area contributed by atoms with Crippen molar-refractivity contribution in [2.24, 2.45) is 0 Å². The molecule has 1 saturated heterocycles. The number of nitrogens with zero attached hydrogens (tertiary/aromatic N) is 1. The van der Waals surface area contributed by atoms with Gasteiger partial charge in [-0.3, -0.25) is 9.69 Å². The minimum Gasteiger partial charge on any atom is -0.464 e. The lowest BCUT2D eigenvalue weighted by molar-refractivity contribution is -0.142. The molecule has 1 fully saturated rings. The highest BCUT2D eigenvalue weighted by Crippen LogP contribution is 2.08. The van der Waals surface area contributed by atoms with Crippen LogP contribution in [0.5, 0.6) is 0 Å². The van der Waals surface area contributed by atoms with E-state index < -0.39 is 0 Å². The quantitative estimate of drug-likeness (QED) is 0.462.